The number of anilines is 1. The van der Waals surface area contributed by atoms with Crippen molar-refractivity contribution < 1.29 is 9.90 Å². The fourth-order valence-electron chi connectivity index (χ4n) is 1.72. The largest absolute Gasteiger partial charge is 0.506 e. The Bertz CT molecular complexity index is 630. The summed E-state index contributed by atoms with van der Waals surface area (Å²) in [6, 6.07) is 4.83. The van der Waals surface area contributed by atoms with Crippen LogP contribution in [0.4, 0.5) is 5.69 Å². The van der Waals surface area contributed by atoms with Crippen LogP contribution < -0.4 is 5.32 Å². The van der Waals surface area contributed by atoms with Crippen molar-refractivity contribution >= 4 is 28.8 Å². The van der Waals surface area contributed by atoms with Crippen LogP contribution in [0.1, 0.15) is 6.92 Å². The molecule has 0 fully saturated rings. The number of halogens is 1. The van der Waals surface area contributed by atoms with E-state index in [2.05, 4.69) is 10.3 Å². The molecule has 98 valence electrons. The first-order valence-corrected chi connectivity index (χ1v) is 6.06. The van der Waals surface area contributed by atoms with Gasteiger partial charge in [-0.1, -0.05) is 11.6 Å². The first kappa shape index (κ1) is 13.4. The third kappa shape index (κ3) is 2.85. The number of carbonyl (C=O) groups is 1. The van der Waals surface area contributed by atoms with E-state index in [9.17, 15) is 9.90 Å². The van der Waals surface area contributed by atoms with Crippen molar-refractivity contribution in [2.24, 2.45) is 4.99 Å². The molecule has 4 nitrogen and oxygen atoms in total. The van der Waals surface area contributed by atoms with Gasteiger partial charge in [0.25, 0.3) is 0 Å². The molecule has 1 aromatic rings. The predicted molar refractivity (Wildman–Crippen MR) is 76.9 cm³/mol. The van der Waals surface area contributed by atoms with Gasteiger partial charge in [-0.2, -0.15) is 0 Å². The van der Waals surface area contributed by atoms with Crippen LogP contribution in [0.3, 0.4) is 0 Å². The number of hydrogen-bond donors (Lipinski definition) is 2. The van der Waals surface area contributed by atoms with E-state index in [0.29, 0.717) is 5.71 Å². The zero-order valence-electron chi connectivity index (χ0n) is 10.6. The second kappa shape index (κ2) is 5.28. The van der Waals surface area contributed by atoms with Crippen molar-refractivity contribution in [2.45, 2.75) is 6.92 Å². The summed E-state index contributed by atoms with van der Waals surface area (Å²) < 4.78 is 0. The maximum Gasteiger partial charge on any atom is 0.204 e. The molecular weight excluding hydrogens is 264 g/mol. The number of benzene rings is 1. The van der Waals surface area contributed by atoms with Crippen molar-refractivity contribution in [3.05, 3.63) is 46.6 Å². The molecule has 5 heteroatoms. The number of nitrogens with one attached hydrogen (secondary N) is 1. The van der Waals surface area contributed by atoms with Crippen LogP contribution in [0.2, 0.25) is 5.02 Å². The van der Waals surface area contributed by atoms with Crippen LogP contribution in [0.5, 0.6) is 5.75 Å². The van der Waals surface area contributed by atoms with Gasteiger partial charge in [-0.3, -0.25) is 9.79 Å². The Balaban J connectivity index is 2.30. The maximum absolute atomic E-state index is 11.6. The third-order valence-corrected chi connectivity index (χ3v) is 3.08. The predicted octanol–water partition coefficient (Wildman–Crippen LogP) is 2.94. The fraction of sp³-hybridized carbons (Fsp3) is 0.143. The molecule has 0 amide bonds. The summed E-state index contributed by atoms with van der Waals surface area (Å²) in [6.07, 6.45) is 3.23. The SMILES string of the molecule is CN=C1C=C(Nc2ccc(O)c(Cl)c2)C(C)=CC1=O. The van der Waals surface area contributed by atoms with E-state index in [-0.39, 0.29) is 16.6 Å². The van der Waals surface area contributed by atoms with E-state index in [1.165, 1.54) is 12.1 Å². The van der Waals surface area contributed by atoms with Crippen molar-refractivity contribution in [2.75, 3.05) is 12.4 Å². The molecule has 0 unspecified atom stereocenters. The molecule has 0 saturated carbocycles. The molecule has 1 aliphatic carbocycles. The number of rotatable bonds is 2. The Hall–Kier alpha value is -2.07. The smallest absolute Gasteiger partial charge is 0.204 e. The zero-order valence-corrected chi connectivity index (χ0v) is 11.3. The number of aromatic hydroxyl groups is 1. The molecule has 0 bridgehead atoms. The Morgan fingerprint density at radius 3 is 2.68 bits per heavy atom. The van der Waals surface area contributed by atoms with E-state index < -0.39 is 0 Å². The molecule has 0 saturated heterocycles. The molecule has 1 aliphatic rings. The lowest BCUT2D eigenvalue weighted by Gasteiger charge is -2.16. The normalized spacial score (nSPS) is 17.2. The monoisotopic (exact) mass is 276 g/mol. The number of phenolic OH excluding ortho intramolecular Hbond substituents is 1. The number of ketones is 1. The standard InChI is InChI=1S/C14H13ClN2O2/c1-8-5-14(19)12(16-2)7-11(8)17-9-3-4-13(18)10(15)6-9/h3-7,17-18H,1-2H3. The lowest BCUT2D eigenvalue weighted by atomic mass is 10.0. The first-order valence-electron chi connectivity index (χ1n) is 5.68. The Kier molecular flexibility index (Phi) is 3.71. The van der Waals surface area contributed by atoms with Crippen LogP contribution in [0.25, 0.3) is 0 Å². The number of nitrogens with zero attached hydrogens (tertiary/aromatic N) is 1. The summed E-state index contributed by atoms with van der Waals surface area (Å²) in [5.41, 5.74) is 2.73. The average Bonchev–Trinajstić information content (AvgIpc) is 2.37. The van der Waals surface area contributed by atoms with E-state index in [0.717, 1.165) is 17.0 Å². The van der Waals surface area contributed by atoms with Crippen molar-refractivity contribution in [3.63, 3.8) is 0 Å². The molecule has 0 radical (unpaired) electrons. The number of phenols is 1. The van der Waals surface area contributed by atoms with E-state index in [4.69, 9.17) is 11.6 Å². The molecule has 2 rings (SSSR count). The Labute approximate surface area is 116 Å². The lowest BCUT2D eigenvalue weighted by Crippen LogP contribution is -2.17. The molecule has 0 atom stereocenters. The summed E-state index contributed by atoms with van der Waals surface area (Å²) >= 11 is 5.85. The molecule has 0 aliphatic heterocycles. The van der Waals surface area contributed by atoms with Crippen molar-refractivity contribution in [1.82, 2.24) is 0 Å². The van der Waals surface area contributed by atoms with Crippen LogP contribution in [-0.4, -0.2) is 23.6 Å². The number of hydrogen-bond acceptors (Lipinski definition) is 4. The second-order valence-corrected chi connectivity index (χ2v) is 4.56. The summed E-state index contributed by atoms with van der Waals surface area (Å²) in [5, 5.41) is 12.8. The minimum atomic E-state index is -0.103. The minimum absolute atomic E-state index is 0.0306. The van der Waals surface area contributed by atoms with Crippen LogP contribution in [0.15, 0.2) is 46.6 Å². The van der Waals surface area contributed by atoms with Gasteiger partial charge < -0.3 is 10.4 Å². The van der Waals surface area contributed by atoms with E-state index in [1.807, 2.05) is 6.92 Å². The second-order valence-electron chi connectivity index (χ2n) is 4.15. The first-order chi connectivity index (χ1) is 9.01. The summed E-state index contributed by atoms with van der Waals surface area (Å²) in [6.45, 7) is 1.84. The topological polar surface area (TPSA) is 61.7 Å². The molecule has 0 heterocycles. The van der Waals surface area contributed by atoms with Crippen LogP contribution in [-0.2, 0) is 4.79 Å². The molecule has 0 spiro atoms. The summed E-state index contributed by atoms with van der Waals surface area (Å²) in [5.74, 6) is -0.0719. The molecule has 19 heavy (non-hydrogen) atoms. The quantitative estimate of drug-likeness (QED) is 0.645. The molecule has 1 aromatic carbocycles. The van der Waals surface area contributed by atoms with Gasteiger partial charge in [0, 0.05) is 18.4 Å². The summed E-state index contributed by atoms with van der Waals surface area (Å²) in [4.78, 5) is 15.5. The molecule has 2 N–H and O–H groups in total. The van der Waals surface area contributed by atoms with Gasteiger partial charge in [-0.25, -0.2) is 0 Å². The highest BCUT2D eigenvalue weighted by Crippen LogP contribution is 2.28. The van der Waals surface area contributed by atoms with E-state index >= 15 is 0 Å². The summed E-state index contributed by atoms with van der Waals surface area (Å²) in [7, 11) is 1.58. The number of carbonyl (C=O) groups excluding carboxylic acids is 1. The van der Waals surface area contributed by atoms with Gasteiger partial charge in [-0.05, 0) is 42.8 Å². The zero-order chi connectivity index (χ0) is 14.0. The minimum Gasteiger partial charge on any atom is -0.506 e. The highest BCUT2D eigenvalue weighted by molar-refractivity contribution is 6.49. The lowest BCUT2D eigenvalue weighted by molar-refractivity contribution is -0.108. The number of aliphatic imine (C=N–C) groups is 1. The van der Waals surface area contributed by atoms with Gasteiger partial charge in [0.1, 0.15) is 11.5 Å². The average molecular weight is 277 g/mol. The third-order valence-electron chi connectivity index (χ3n) is 2.77. The Morgan fingerprint density at radius 2 is 2.05 bits per heavy atom. The highest BCUT2D eigenvalue weighted by atomic mass is 35.5. The van der Waals surface area contributed by atoms with Gasteiger partial charge in [-0.15, -0.1) is 0 Å². The number of allylic oxidation sites excluding steroid dienone is 3. The van der Waals surface area contributed by atoms with Crippen molar-refractivity contribution in [3.8, 4) is 5.75 Å². The van der Waals surface area contributed by atoms with Crippen LogP contribution in [0, 0.1) is 0 Å². The molecular formula is C14H13ClN2O2. The van der Waals surface area contributed by atoms with Crippen LogP contribution >= 0.6 is 11.6 Å². The Morgan fingerprint density at radius 1 is 1.32 bits per heavy atom. The fourth-order valence-corrected chi connectivity index (χ4v) is 1.90. The van der Waals surface area contributed by atoms with E-state index in [1.54, 1.807) is 25.3 Å². The van der Waals surface area contributed by atoms with Gasteiger partial charge in [0.05, 0.1) is 5.02 Å². The van der Waals surface area contributed by atoms with Crippen molar-refractivity contribution in [1.29, 1.82) is 0 Å². The molecule has 0 aromatic heterocycles. The highest BCUT2D eigenvalue weighted by Gasteiger charge is 2.15. The maximum atomic E-state index is 11.6. The van der Waals surface area contributed by atoms with Gasteiger partial charge in [0.2, 0.25) is 5.78 Å². The van der Waals surface area contributed by atoms with Gasteiger partial charge in [0.15, 0.2) is 0 Å². The van der Waals surface area contributed by atoms with Gasteiger partial charge >= 0.3 is 0 Å².